The number of piperazine rings is 1. The number of rotatable bonds is 5. The molecule has 19 heavy (non-hydrogen) atoms. The minimum atomic E-state index is 0.922. The average molecular weight is 260 g/mol. The van der Waals surface area contributed by atoms with Crippen molar-refractivity contribution in [1.29, 1.82) is 0 Å². The SMILES string of the molecule is CCNc1cccc(N2CCN(CC3CC3)CC2)n1. The summed E-state index contributed by atoms with van der Waals surface area (Å²) in [6, 6.07) is 6.25. The van der Waals surface area contributed by atoms with Gasteiger partial charge >= 0.3 is 0 Å². The van der Waals surface area contributed by atoms with Gasteiger partial charge in [0, 0.05) is 39.3 Å². The van der Waals surface area contributed by atoms with Crippen molar-refractivity contribution in [2.75, 3.05) is 49.5 Å². The first kappa shape index (κ1) is 12.7. The normalized spacial score (nSPS) is 20.6. The van der Waals surface area contributed by atoms with Crippen molar-refractivity contribution in [3.63, 3.8) is 0 Å². The molecule has 1 aliphatic carbocycles. The molecule has 0 radical (unpaired) electrons. The zero-order chi connectivity index (χ0) is 13.1. The summed E-state index contributed by atoms with van der Waals surface area (Å²) in [4.78, 5) is 9.70. The van der Waals surface area contributed by atoms with Gasteiger partial charge in [-0.15, -0.1) is 0 Å². The van der Waals surface area contributed by atoms with E-state index in [0.29, 0.717) is 0 Å². The van der Waals surface area contributed by atoms with E-state index in [-0.39, 0.29) is 0 Å². The fraction of sp³-hybridized carbons (Fsp3) is 0.667. The van der Waals surface area contributed by atoms with Crippen LogP contribution in [0.2, 0.25) is 0 Å². The quantitative estimate of drug-likeness (QED) is 0.878. The third-order valence-electron chi connectivity index (χ3n) is 4.00. The Hall–Kier alpha value is -1.29. The maximum absolute atomic E-state index is 4.68. The third-order valence-corrected chi connectivity index (χ3v) is 4.00. The van der Waals surface area contributed by atoms with Gasteiger partial charge in [-0.25, -0.2) is 4.98 Å². The van der Waals surface area contributed by atoms with Gasteiger partial charge in [-0.3, -0.25) is 4.90 Å². The van der Waals surface area contributed by atoms with Crippen LogP contribution in [-0.4, -0.2) is 49.2 Å². The van der Waals surface area contributed by atoms with Gasteiger partial charge in [-0.05, 0) is 37.8 Å². The van der Waals surface area contributed by atoms with E-state index >= 15 is 0 Å². The van der Waals surface area contributed by atoms with Crippen molar-refractivity contribution >= 4 is 11.6 Å². The molecule has 1 aromatic rings. The van der Waals surface area contributed by atoms with Crippen molar-refractivity contribution in [3.8, 4) is 0 Å². The number of anilines is 2. The van der Waals surface area contributed by atoms with Crippen molar-refractivity contribution in [3.05, 3.63) is 18.2 Å². The van der Waals surface area contributed by atoms with Gasteiger partial charge in [0.15, 0.2) is 0 Å². The Morgan fingerprint density at radius 2 is 2.00 bits per heavy atom. The predicted octanol–water partition coefficient (Wildman–Crippen LogP) is 2.05. The Balaban J connectivity index is 1.56. The third kappa shape index (κ3) is 3.38. The lowest BCUT2D eigenvalue weighted by molar-refractivity contribution is 0.247. The lowest BCUT2D eigenvalue weighted by Gasteiger charge is -2.35. The molecule has 4 nitrogen and oxygen atoms in total. The molecule has 2 fully saturated rings. The molecule has 2 aliphatic rings. The highest BCUT2D eigenvalue weighted by atomic mass is 15.3. The summed E-state index contributed by atoms with van der Waals surface area (Å²) in [5.41, 5.74) is 0. The smallest absolute Gasteiger partial charge is 0.131 e. The van der Waals surface area contributed by atoms with E-state index in [0.717, 1.165) is 37.2 Å². The largest absolute Gasteiger partial charge is 0.370 e. The molecule has 0 bridgehead atoms. The first-order valence-electron chi connectivity index (χ1n) is 7.53. The molecule has 4 heteroatoms. The lowest BCUT2D eigenvalue weighted by Crippen LogP contribution is -2.47. The molecule has 1 N–H and O–H groups in total. The van der Waals surface area contributed by atoms with Crippen LogP contribution in [0.5, 0.6) is 0 Å². The van der Waals surface area contributed by atoms with E-state index in [4.69, 9.17) is 0 Å². The van der Waals surface area contributed by atoms with Crippen molar-refractivity contribution < 1.29 is 0 Å². The Morgan fingerprint density at radius 1 is 1.21 bits per heavy atom. The molecule has 1 aliphatic heterocycles. The highest BCUT2D eigenvalue weighted by Crippen LogP contribution is 2.30. The monoisotopic (exact) mass is 260 g/mol. The van der Waals surface area contributed by atoms with Crippen molar-refractivity contribution in [2.45, 2.75) is 19.8 Å². The minimum Gasteiger partial charge on any atom is -0.370 e. The highest BCUT2D eigenvalue weighted by Gasteiger charge is 2.26. The van der Waals surface area contributed by atoms with Crippen LogP contribution in [0.4, 0.5) is 11.6 Å². The fourth-order valence-electron chi connectivity index (χ4n) is 2.70. The average Bonchev–Trinajstić information content (AvgIpc) is 3.24. The second-order valence-corrected chi connectivity index (χ2v) is 5.64. The molecule has 0 aromatic carbocycles. The summed E-state index contributed by atoms with van der Waals surface area (Å²) < 4.78 is 0. The van der Waals surface area contributed by atoms with E-state index in [1.807, 2.05) is 6.07 Å². The van der Waals surface area contributed by atoms with Gasteiger partial charge < -0.3 is 10.2 Å². The van der Waals surface area contributed by atoms with Gasteiger partial charge in [0.25, 0.3) is 0 Å². The number of pyridine rings is 1. The summed E-state index contributed by atoms with van der Waals surface area (Å²) in [6.45, 7) is 8.92. The van der Waals surface area contributed by atoms with Gasteiger partial charge in [0.05, 0.1) is 0 Å². The van der Waals surface area contributed by atoms with Crippen LogP contribution in [0.15, 0.2) is 18.2 Å². The summed E-state index contributed by atoms with van der Waals surface area (Å²) in [5.74, 6) is 3.10. The molecule has 1 saturated carbocycles. The van der Waals surface area contributed by atoms with Crippen LogP contribution in [0.1, 0.15) is 19.8 Å². The second kappa shape index (κ2) is 5.78. The summed E-state index contributed by atoms with van der Waals surface area (Å²) in [6.07, 6.45) is 2.90. The number of nitrogens with one attached hydrogen (secondary N) is 1. The maximum atomic E-state index is 4.68. The molecular formula is C15H24N4. The Morgan fingerprint density at radius 3 is 2.68 bits per heavy atom. The van der Waals surface area contributed by atoms with Crippen LogP contribution in [0.3, 0.4) is 0 Å². The van der Waals surface area contributed by atoms with Gasteiger partial charge in [-0.1, -0.05) is 6.07 Å². The van der Waals surface area contributed by atoms with E-state index in [1.165, 1.54) is 32.5 Å². The minimum absolute atomic E-state index is 0.922. The van der Waals surface area contributed by atoms with Crippen molar-refractivity contribution in [1.82, 2.24) is 9.88 Å². The molecule has 1 saturated heterocycles. The van der Waals surface area contributed by atoms with Crippen LogP contribution in [0.25, 0.3) is 0 Å². The molecule has 0 unspecified atom stereocenters. The number of nitrogens with zero attached hydrogens (tertiary/aromatic N) is 3. The molecule has 2 heterocycles. The topological polar surface area (TPSA) is 31.4 Å². The molecule has 0 amide bonds. The molecule has 1 aromatic heterocycles. The lowest BCUT2D eigenvalue weighted by atomic mass is 10.2. The van der Waals surface area contributed by atoms with E-state index in [9.17, 15) is 0 Å². The summed E-state index contributed by atoms with van der Waals surface area (Å²) >= 11 is 0. The molecule has 0 atom stereocenters. The first-order chi connectivity index (χ1) is 9.35. The molecule has 3 rings (SSSR count). The van der Waals surface area contributed by atoms with Gasteiger partial charge in [0.2, 0.25) is 0 Å². The Bertz CT molecular complexity index is 408. The maximum Gasteiger partial charge on any atom is 0.131 e. The number of hydrogen-bond donors (Lipinski definition) is 1. The predicted molar refractivity (Wildman–Crippen MR) is 79.8 cm³/mol. The zero-order valence-corrected chi connectivity index (χ0v) is 11.8. The Kier molecular flexibility index (Phi) is 3.87. The molecule has 104 valence electrons. The van der Waals surface area contributed by atoms with Crippen LogP contribution in [-0.2, 0) is 0 Å². The van der Waals surface area contributed by atoms with Crippen LogP contribution < -0.4 is 10.2 Å². The summed E-state index contributed by atoms with van der Waals surface area (Å²) in [7, 11) is 0. The molecule has 0 spiro atoms. The Labute approximate surface area is 115 Å². The van der Waals surface area contributed by atoms with E-state index in [1.54, 1.807) is 0 Å². The van der Waals surface area contributed by atoms with Crippen molar-refractivity contribution in [2.24, 2.45) is 5.92 Å². The first-order valence-corrected chi connectivity index (χ1v) is 7.53. The summed E-state index contributed by atoms with van der Waals surface area (Å²) in [5, 5.41) is 3.28. The molecular weight excluding hydrogens is 236 g/mol. The van der Waals surface area contributed by atoms with Gasteiger partial charge in [-0.2, -0.15) is 0 Å². The van der Waals surface area contributed by atoms with Crippen LogP contribution >= 0.6 is 0 Å². The van der Waals surface area contributed by atoms with Crippen LogP contribution in [0, 0.1) is 5.92 Å². The fourth-order valence-corrected chi connectivity index (χ4v) is 2.70. The zero-order valence-electron chi connectivity index (χ0n) is 11.8. The number of aromatic nitrogens is 1. The van der Waals surface area contributed by atoms with E-state index in [2.05, 4.69) is 39.2 Å². The van der Waals surface area contributed by atoms with Gasteiger partial charge in [0.1, 0.15) is 11.6 Å². The van der Waals surface area contributed by atoms with E-state index < -0.39 is 0 Å². The second-order valence-electron chi connectivity index (χ2n) is 5.64. The highest BCUT2D eigenvalue weighted by molar-refractivity contribution is 5.47. The number of hydrogen-bond acceptors (Lipinski definition) is 4. The standard InChI is InChI=1S/C15H24N4/c1-2-16-14-4-3-5-15(17-14)19-10-8-18(9-11-19)12-13-6-7-13/h3-5,13H,2,6-12H2,1H3,(H,16,17).